The molecule has 0 fully saturated rings. The molecule has 0 spiro atoms. The number of amides is 1. The van der Waals surface area contributed by atoms with Gasteiger partial charge >= 0.3 is 0 Å². The van der Waals surface area contributed by atoms with Gasteiger partial charge in [0, 0.05) is 5.69 Å². The second kappa shape index (κ2) is 9.97. The van der Waals surface area contributed by atoms with Crippen molar-refractivity contribution in [3.8, 4) is 5.75 Å². The zero-order chi connectivity index (χ0) is 23.3. The molecule has 0 unspecified atom stereocenters. The molecular formula is C25H28N2O4S. The molecule has 0 bridgehead atoms. The largest absolute Gasteiger partial charge is 0.496 e. The molecule has 0 aromatic heterocycles. The summed E-state index contributed by atoms with van der Waals surface area (Å²) in [7, 11) is -2.42. The molecule has 2 N–H and O–H groups in total. The van der Waals surface area contributed by atoms with Crippen molar-refractivity contribution in [2.75, 3.05) is 12.4 Å². The summed E-state index contributed by atoms with van der Waals surface area (Å²) in [4.78, 5) is 13.3. The fraction of sp³-hybridized carbons (Fsp3) is 0.240. The number of hydrogen-bond acceptors (Lipinski definition) is 4. The van der Waals surface area contributed by atoms with Crippen molar-refractivity contribution in [1.82, 2.24) is 4.72 Å². The van der Waals surface area contributed by atoms with Crippen LogP contribution in [0.5, 0.6) is 5.75 Å². The van der Waals surface area contributed by atoms with Crippen molar-refractivity contribution >= 4 is 21.6 Å². The van der Waals surface area contributed by atoms with Gasteiger partial charge in [-0.3, -0.25) is 4.79 Å². The molecule has 32 heavy (non-hydrogen) atoms. The number of sulfonamides is 1. The Kier molecular flexibility index (Phi) is 7.33. The highest BCUT2D eigenvalue weighted by Crippen LogP contribution is 2.23. The molecule has 1 amide bonds. The normalized spacial score (nSPS) is 12.2. The van der Waals surface area contributed by atoms with E-state index >= 15 is 0 Å². The number of ether oxygens (including phenoxy) is 1. The summed E-state index contributed by atoms with van der Waals surface area (Å²) in [5.74, 6) is 0.178. The number of carbonyl (C=O) groups is 1. The van der Waals surface area contributed by atoms with Crippen molar-refractivity contribution < 1.29 is 17.9 Å². The van der Waals surface area contributed by atoms with Crippen LogP contribution >= 0.6 is 0 Å². The monoisotopic (exact) mass is 452 g/mol. The van der Waals surface area contributed by atoms with Gasteiger partial charge in [-0.2, -0.15) is 4.72 Å². The van der Waals surface area contributed by atoms with Gasteiger partial charge in [0.2, 0.25) is 15.9 Å². The summed E-state index contributed by atoms with van der Waals surface area (Å²) in [5, 5.41) is 2.92. The highest BCUT2D eigenvalue weighted by atomic mass is 32.2. The smallest absolute Gasteiger partial charge is 0.242 e. The van der Waals surface area contributed by atoms with Gasteiger partial charge in [-0.15, -0.1) is 0 Å². The molecule has 168 valence electrons. The Balaban J connectivity index is 1.92. The second-order valence-corrected chi connectivity index (χ2v) is 9.47. The van der Waals surface area contributed by atoms with E-state index in [0.717, 1.165) is 16.7 Å². The first-order chi connectivity index (χ1) is 15.2. The van der Waals surface area contributed by atoms with E-state index in [1.54, 1.807) is 13.0 Å². The third kappa shape index (κ3) is 5.55. The van der Waals surface area contributed by atoms with Gasteiger partial charge in [0.15, 0.2) is 0 Å². The van der Waals surface area contributed by atoms with Crippen LogP contribution in [0.25, 0.3) is 0 Å². The standard InChI is InChI=1S/C25H28N2O4S/c1-17-9-8-10-18(2)24(17)26-25(28)22(16-20-11-6-5-7-12-20)27-32(29,30)21-13-14-23(31-4)19(3)15-21/h5-15,22,27H,16H2,1-4H3,(H,26,28)/t22-/m1/s1. The first-order valence-electron chi connectivity index (χ1n) is 10.3. The lowest BCUT2D eigenvalue weighted by atomic mass is 10.0. The Hall–Kier alpha value is -3.16. The van der Waals surface area contributed by atoms with Gasteiger partial charge in [-0.05, 0) is 67.6 Å². The molecule has 7 heteroatoms. The van der Waals surface area contributed by atoms with Crippen molar-refractivity contribution in [2.45, 2.75) is 38.1 Å². The third-order valence-corrected chi connectivity index (χ3v) is 6.77. The van der Waals surface area contributed by atoms with E-state index in [9.17, 15) is 13.2 Å². The minimum absolute atomic E-state index is 0.0775. The summed E-state index contributed by atoms with van der Waals surface area (Å²) in [5.41, 5.74) is 4.05. The molecule has 3 aromatic rings. The van der Waals surface area contributed by atoms with Gasteiger partial charge in [0.1, 0.15) is 11.8 Å². The quantitative estimate of drug-likeness (QED) is 0.538. The van der Waals surface area contributed by atoms with Gasteiger partial charge in [-0.25, -0.2) is 8.42 Å². The molecule has 3 aromatic carbocycles. The Morgan fingerprint density at radius 2 is 1.56 bits per heavy atom. The van der Waals surface area contributed by atoms with Crippen LogP contribution in [0, 0.1) is 20.8 Å². The Morgan fingerprint density at radius 1 is 0.906 bits per heavy atom. The van der Waals surface area contributed by atoms with E-state index in [1.807, 2.05) is 62.4 Å². The molecule has 0 heterocycles. The Bertz CT molecular complexity index is 1190. The molecule has 0 aliphatic carbocycles. The lowest BCUT2D eigenvalue weighted by molar-refractivity contribution is -0.117. The van der Waals surface area contributed by atoms with E-state index < -0.39 is 22.0 Å². The minimum Gasteiger partial charge on any atom is -0.496 e. The van der Waals surface area contributed by atoms with Crippen LogP contribution < -0.4 is 14.8 Å². The molecule has 0 saturated carbocycles. The Labute approximate surface area is 189 Å². The number of methoxy groups -OCH3 is 1. The molecule has 0 radical (unpaired) electrons. The minimum atomic E-state index is -3.95. The van der Waals surface area contributed by atoms with Crippen molar-refractivity contribution in [2.24, 2.45) is 0 Å². The van der Waals surface area contributed by atoms with Gasteiger partial charge in [-0.1, -0.05) is 48.5 Å². The number of benzene rings is 3. The molecule has 6 nitrogen and oxygen atoms in total. The van der Waals surface area contributed by atoms with E-state index in [-0.39, 0.29) is 11.3 Å². The average molecular weight is 453 g/mol. The summed E-state index contributed by atoms with van der Waals surface area (Å²) >= 11 is 0. The summed E-state index contributed by atoms with van der Waals surface area (Å²) in [6.45, 7) is 5.57. The molecule has 3 rings (SSSR count). The van der Waals surface area contributed by atoms with Crippen LogP contribution in [0.4, 0.5) is 5.69 Å². The SMILES string of the molecule is COc1ccc(S(=O)(=O)N[C@H](Cc2ccccc2)C(=O)Nc2c(C)cccc2C)cc1C. The second-order valence-electron chi connectivity index (χ2n) is 7.75. The van der Waals surface area contributed by atoms with Crippen molar-refractivity contribution in [1.29, 1.82) is 0 Å². The summed E-state index contributed by atoms with van der Waals surface area (Å²) < 4.78 is 34.1. The lowest BCUT2D eigenvalue weighted by Gasteiger charge is -2.20. The summed E-state index contributed by atoms with van der Waals surface area (Å²) in [6, 6.07) is 18.6. The van der Waals surface area contributed by atoms with Crippen LogP contribution in [0.1, 0.15) is 22.3 Å². The zero-order valence-corrected chi connectivity index (χ0v) is 19.5. The number of rotatable bonds is 8. The van der Waals surface area contributed by atoms with Crippen LogP contribution in [0.3, 0.4) is 0 Å². The van der Waals surface area contributed by atoms with E-state index in [4.69, 9.17) is 4.74 Å². The average Bonchev–Trinajstić information content (AvgIpc) is 2.76. The highest BCUT2D eigenvalue weighted by molar-refractivity contribution is 7.89. The van der Waals surface area contributed by atoms with E-state index in [1.165, 1.54) is 19.2 Å². The van der Waals surface area contributed by atoms with Crippen LogP contribution in [-0.4, -0.2) is 27.5 Å². The third-order valence-electron chi connectivity index (χ3n) is 5.30. The van der Waals surface area contributed by atoms with Crippen LogP contribution in [0.2, 0.25) is 0 Å². The number of nitrogens with one attached hydrogen (secondary N) is 2. The first kappa shape index (κ1) is 23.5. The number of hydrogen-bond donors (Lipinski definition) is 2. The Morgan fingerprint density at radius 3 is 2.16 bits per heavy atom. The van der Waals surface area contributed by atoms with Crippen LogP contribution in [-0.2, 0) is 21.2 Å². The van der Waals surface area contributed by atoms with E-state index in [2.05, 4.69) is 10.0 Å². The fourth-order valence-electron chi connectivity index (χ4n) is 3.53. The van der Waals surface area contributed by atoms with Crippen molar-refractivity contribution in [3.63, 3.8) is 0 Å². The fourth-order valence-corrected chi connectivity index (χ4v) is 4.81. The predicted octanol–water partition coefficient (Wildman–Crippen LogP) is 4.15. The maximum absolute atomic E-state index is 13.2. The predicted molar refractivity (Wildman–Crippen MR) is 127 cm³/mol. The molecular weight excluding hydrogens is 424 g/mol. The highest BCUT2D eigenvalue weighted by Gasteiger charge is 2.27. The molecule has 1 atom stereocenters. The maximum Gasteiger partial charge on any atom is 0.242 e. The van der Waals surface area contributed by atoms with Gasteiger partial charge < -0.3 is 10.1 Å². The van der Waals surface area contributed by atoms with Gasteiger partial charge in [0.25, 0.3) is 0 Å². The van der Waals surface area contributed by atoms with Crippen molar-refractivity contribution in [3.05, 3.63) is 89.0 Å². The number of carbonyl (C=O) groups excluding carboxylic acids is 1. The van der Waals surface area contributed by atoms with Gasteiger partial charge in [0.05, 0.1) is 12.0 Å². The first-order valence-corrected chi connectivity index (χ1v) is 11.8. The topological polar surface area (TPSA) is 84.5 Å². The summed E-state index contributed by atoms with van der Waals surface area (Å²) in [6.07, 6.45) is 0.214. The molecule has 0 aliphatic heterocycles. The molecule has 0 saturated heterocycles. The van der Waals surface area contributed by atoms with E-state index in [0.29, 0.717) is 17.0 Å². The zero-order valence-electron chi connectivity index (χ0n) is 18.7. The maximum atomic E-state index is 13.2. The number of para-hydroxylation sites is 1. The number of anilines is 1. The molecule has 0 aliphatic rings. The van der Waals surface area contributed by atoms with Crippen LogP contribution in [0.15, 0.2) is 71.6 Å². The number of aryl methyl sites for hydroxylation is 3. The lowest BCUT2D eigenvalue weighted by Crippen LogP contribution is -2.45.